The molecular formula is C21H21ClN4S. The van der Waals surface area contributed by atoms with Crippen molar-refractivity contribution in [3.63, 3.8) is 0 Å². The summed E-state index contributed by atoms with van der Waals surface area (Å²) in [4.78, 5) is 6.74. The van der Waals surface area contributed by atoms with E-state index in [2.05, 4.69) is 52.1 Å². The SMILES string of the molecule is CC(C)n1ccc(C2C(c3ccccn3)NC(=S)N2c2ccc(Cl)cc2)c1. The number of benzene rings is 1. The average molecular weight is 397 g/mol. The molecule has 1 aromatic carbocycles. The monoisotopic (exact) mass is 396 g/mol. The highest BCUT2D eigenvalue weighted by atomic mass is 35.5. The first-order chi connectivity index (χ1) is 13.0. The van der Waals surface area contributed by atoms with Crippen molar-refractivity contribution < 1.29 is 0 Å². The van der Waals surface area contributed by atoms with Gasteiger partial charge in [0.2, 0.25) is 0 Å². The van der Waals surface area contributed by atoms with Gasteiger partial charge in [-0.05, 0) is 74.1 Å². The molecule has 138 valence electrons. The number of anilines is 1. The second-order valence-electron chi connectivity index (χ2n) is 6.96. The van der Waals surface area contributed by atoms with E-state index < -0.39 is 0 Å². The molecule has 1 aliphatic heterocycles. The molecule has 2 atom stereocenters. The normalized spacial score (nSPS) is 19.6. The zero-order valence-corrected chi connectivity index (χ0v) is 16.8. The van der Waals surface area contributed by atoms with Crippen molar-refractivity contribution in [2.24, 2.45) is 0 Å². The van der Waals surface area contributed by atoms with E-state index >= 15 is 0 Å². The molecule has 0 radical (unpaired) electrons. The summed E-state index contributed by atoms with van der Waals surface area (Å²) in [5.41, 5.74) is 3.18. The molecule has 0 aliphatic carbocycles. The lowest BCUT2D eigenvalue weighted by atomic mass is 9.98. The molecule has 2 aromatic heterocycles. The highest BCUT2D eigenvalue weighted by Crippen LogP contribution is 2.41. The number of nitrogens with zero attached hydrogens (tertiary/aromatic N) is 3. The van der Waals surface area contributed by atoms with Crippen LogP contribution >= 0.6 is 23.8 Å². The van der Waals surface area contributed by atoms with Crippen LogP contribution in [0.2, 0.25) is 5.02 Å². The number of hydrogen-bond acceptors (Lipinski definition) is 2. The molecule has 0 spiro atoms. The Hall–Kier alpha value is -2.37. The minimum absolute atomic E-state index is 0.00794. The van der Waals surface area contributed by atoms with E-state index in [0.717, 1.165) is 11.4 Å². The molecule has 6 heteroatoms. The van der Waals surface area contributed by atoms with Crippen LogP contribution in [0.4, 0.5) is 5.69 Å². The maximum atomic E-state index is 6.09. The zero-order chi connectivity index (χ0) is 19.0. The summed E-state index contributed by atoms with van der Waals surface area (Å²) in [6, 6.07) is 16.3. The van der Waals surface area contributed by atoms with E-state index in [0.29, 0.717) is 16.2 Å². The number of hydrogen-bond donors (Lipinski definition) is 1. The van der Waals surface area contributed by atoms with Crippen LogP contribution in [-0.2, 0) is 0 Å². The molecule has 27 heavy (non-hydrogen) atoms. The standard InChI is InChI=1S/C21H21ClN4S/c1-14(2)25-12-10-15(13-25)20-19(18-5-3-4-11-23-18)24-21(27)26(20)17-8-6-16(22)7-9-17/h3-14,19-20H,1-2H3,(H,24,27). The van der Waals surface area contributed by atoms with Crippen molar-refractivity contribution in [2.75, 3.05) is 4.90 Å². The lowest BCUT2D eigenvalue weighted by Gasteiger charge is -2.27. The quantitative estimate of drug-likeness (QED) is 0.607. The van der Waals surface area contributed by atoms with Crippen molar-refractivity contribution in [1.82, 2.24) is 14.9 Å². The van der Waals surface area contributed by atoms with E-state index in [4.69, 9.17) is 23.8 Å². The molecule has 0 amide bonds. The summed E-state index contributed by atoms with van der Waals surface area (Å²) in [6.45, 7) is 4.35. The lowest BCUT2D eigenvalue weighted by Crippen LogP contribution is -2.29. The fourth-order valence-corrected chi connectivity index (χ4v) is 3.97. The minimum Gasteiger partial charge on any atom is -0.351 e. The average Bonchev–Trinajstić information content (AvgIpc) is 3.28. The maximum absolute atomic E-state index is 6.09. The van der Waals surface area contributed by atoms with Crippen LogP contribution in [0.1, 0.15) is 43.2 Å². The highest BCUT2D eigenvalue weighted by molar-refractivity contribution is 7.80. The Labute approximate surface area is 169 Å². The van der Waals surface area contributed by atoms with Crippen LogP contribution in [0.3, 0.4) is 0 Å². The summed E-state index contributed by atoms with van der Waals surface area (Å²) < 4.78 is 2.21. The van der Waals surface area contributed by atoms with Gasteiger partial charge >= 0.3 is 0 Å². The van der Waals surface area contributed by atoms with Gasteiger partial charge in [0.05, 0.1) is 17.8 Å². The Morgan fingerprint density at radius 2 is 1.89 bits per heavy atom. The Morgan fingerprint density at radius 3 is 2.52 bits per heavy atom. The van der Waals surface area contributed by atoms with Crippen molar-refractivity contribution in [2.45, 2.75) is 32.0 Å². The third-order valence-corrected chi connectivity index (χ3v) is 5.44. The number of aromatic nitrogens is 2. The van der Waals surface area contributed by atoms with E-state index in [-0.39, 0.29) is 12.1 Å². The van der Waals surface area contributed by atoms with Gasteiger partial charge in [0, 0.05) is 35.3 Å². The van der Waals surface area contributed by atoms with E-state index in [1.807, 2.05) is 48.7 Å². The number of thiocarbonyl (C=S) groups is 1. The second-order valence-corrected chi connectivity index (χ2v) is 7.78. The predicted molar refractivity (Wildman–Crippen MR) is 114 cm³/mol. The summed E-state index contributed by atoms with van der Waals surface area (Å²) in [6.07, 6.45) is 6.14. The molecule has 2 unspecified atom stereocenters. The van der Waals surface area contributed by atoms with Gasteiger partial charge in [0.1, 0.15) is 0 Å². The van der Waals surface area contributed by atoms with Crippen LogP contribution < -0.4 is 10.2 Å². The minimum atomic E-state index is -0.0302. The Balaban J connectivity index is 1.81. The zero-order valence-electron chi connectivity index (χ0n) is 15.2. The second kappa shape index (κ2) is 7.33. The largest absolute Gasteiger partial charge is 0.351 e. The summed E-state index contributed by atoms with van der Waals surface area (Å²) in [5, 5.41) is 4.87. The Bertz CT molecular complexity index is 936. The van der Waals surface area contributed by atoms with Crippen LogP contribution in [0.5, 0.6) is 0 Å². The molecular weight excluding hydrogens is 376 g/mol. The number of rotatable bonds is 4. The molecule has 4 rings (SSSR count). The fourth-order valence-electron chi connectivity index (χ4n) is 3.50. The van der Waals surface area contributed by atoms with Crippen molar-refractivity contribution >= 4 is 34.6 Å². The first kappa shape index (κ1) is 18.0. The van der Waals surface area contributed by atoms with Crippen molar-refractivity contribution in [3.05, 3.63) is 83.4 Å². The molecule has 1 fully saturated rings. The van der Waals surface area contributed by atoms with Gasteiger partial charge in [0.15, 0.2) is 5.11 Å². The molecule has 1 N–H and O–H groups in total. The van der Waals surface area contributed by atoms with E-state index in [9.17, 15) is 0 Å². The first-order valence-electron chi connectivity index (χ1n) is 8.98. The third kappa shape index (κ3) is 3.45. The topological polar surface area (TPSA) is 33.1 Å². The number of pyridine rings is 1. The van der Waals surface area contributed by atoms with E-state index in [1.54, 1.807) is 0 Å². The summed E-state index contributed by atoms with van der Waals surface area (Å²) in [7, 11) is 0. The van der Waals surface area contributed by atoms with Crippen LogP contribution in [0, 0.1) is 0 Å². The van der Waals surface area contributed by atoms with Gasteiger partial charge in [-0.1, -0.05) is 17.7 Å². The first-order valence-corrected chi connectivity index (χ1v) is 9.77. The van der Waals surface area contributed by atoms with Gasteiger partial charge in [-0.3, -0.25) is 4.98 Å². The van der Waals surface area contributed by atoms with Gasteiger partial charge < -0.3 is 14.8 Å². The molecule has 1 saturated heterocycles. The predicted octanol–water partition coefficient (Wildman–Crippen LogP) is 5.29. The van der Waals surface area contributed by atoms with Gasteiger partial charge in [-0.2, -0.15) is 0 Å². The fraction of sp³-hybridized carbons (Fsp3) is 0.238. The number of nitrogens with one attached hydrogen (secondary N) is 1. The Kier molecular flexibility index (Phi) is 4.89. The highest BCUT2D eigenvalue weighted by Gasteiger charge is 2.41. The van der Waals surface area contributed by atoms with Crippen LogP contribution in [-0.4, -0.2) is 14.7 Å². The van der Waals surface area contributed by atoms with Gasteiger partial charge in [-0.15, -0.1) is 0 Å². The van der Waals surface area contributed by atoms with Crippen molar-refractivity contribution in [1.29, 1.82) is 0 Å². The summed E-state index contributed by atoms with van der Waals surface area (Å²) >= 11 is 11.8. The van der Waals surface area contributed by atoms with Crippen molar-refractivity contribution in [3.8, 4) is 0 Å². The molecule has 0 bridgehead atoms. The number of halogens is 1. The summed E-state index contributed by atoms with van der Waals surface area (Å²) in [5.74, 6) is 0. The maximum Gasteiger partial charge on any atom is 0.174 e. The van der Waals surface area contributed by atoms with E-state index in [1.165, 1.54) is 5.56 Å². The van der Waals surface area contributed by atoms with Gasteiger partial charge in [0.25, 0.3) is 0 Å². The molecule has 4 nitrogen and oxygen atoms in total. The third-order valence-electron chi connectivity index (χ3n) is 4.88. The van der Waals surface area contributed by atoms with Crippen LogP contribution in [0.15, 0.2) is 67.1 Å². The van der Waals surface area contributed by atoms with Gasteiger partial charge in [-0.25, -0.2) is 0 Å². The Morgan fingerprint density at radius 1 is 1.11 bits per heavy atom. The molecule has 3 aromatic rings. The molecule has 1 aliphatic rings. The molecule has 3 heterocycles. The molecule has 0 saturated carbocycles. The lowest BCUT2D eigenvalue weighted by molar-refractivity contribution is 0.560. The van der Waals surface area contributed by atoms with Crippen LogP contribution in [0.25, 0.3) is 0 Å². The smallest absolute Gasteiger partial charge is 0.174 e.